The molecular formula is C20H19N3O4. The molecule has 1 unspecified atom stereocenters. The van der Waals surface area contributed by atoms with Crippen LogP contribution in [0.3, 0.4) is 0 Å². The largest absolute Gasteiger partial charge is 0.506 e. The Bertz CT molecular complexity index is 939. The second-order valence-electron chi connectivity index (χ2n) is 6.15. The first-order valence-electron chi connectivity index (χ1n) is 8.33. The molecule has 2 aromatic rings. The van der Waals surface area contributed by atoms with E-state index in [4.69, 9.17) is 0 Å². The fraction of sp³-hybridized carbons (Fsp3) is 0.150. The molecule has 1 aliphatic heterocycles. The van der Waals surface area contributed by atoms with Crippen molar-refractivity contribution in [2.75, 3.05) is 18.9 Å². The summed E-state index contributed by atoms with van der Waals surface area (Å²) in [7, 11) is 1.70. The van der Waals surface area contributed by atoms with E-state index in [0.717, 1.165) is 11.6 Å². The molecule has 0 saturated carbocycles. The lowest BCUT2D eigenvalue weighted by molar-refractivity contribution is -0.111. The van der Waals surface area contributed by atoms with Crippen LogP contribution in [0.5, 0.6) is 5.75 Å². The number of amides is 3. The average Bonchev–Trinajstić information content (AvgIpc) is 2.92. The number of fused-ring (bicyclic) bond motifs is 1. The van der Waals surface area contributed by atoms with Crippen molar-refractivity contribution in [3.8, 4) is 5.75 Å². The fourth-order valence-electron chi connectivity index (χ4n) is 3.02. The van der Waals surface area contributed by atoms with Gasteiger partial charge in [-0.1, -0.05) is 24.8 Å². The molecule has 7 heteroatoms. The molecule has 3 rings (SSSR count). The molecule has 1 aliphatic rings. The average molecular weight is 365 g/mol. The van der Waals surface area contributed by atoms with Gasteiger partial charge >= 0.3 is 0 Å². The van der Waals surface area contributed by atoms with Crippen LogP contribution in [0, 0.1) is 0 Å². The Labute approximate surface area is 156 Å². The number of likely N-dealkylation sites (N-methyl/N-ethyl adjacent to an activating group) is 1. The summed E-state index contributed by atoms with van der Waals surface area (Å²) in [5.41, 5.74) is 1.90. The summed E-state index contributed by atoms with van der Waals surface area (Å²) in [5.74, 6) is -1.11. The summed E-state index contributed by atoms with van der Waals surface area (Å²) >= 11 is 0. The minimum absolute atomic E-state index is 0.0797. The number of phenolic OH excluding ortho intramolecular Hbond substituents is 1. The molecule has 138 valence electrons. The quantitative estimate of drug-likeness (QED) is 0.558. The van der Waals surface area contributed by atoms with Gasteiger partial charge in [0.2, 0.25) is 5.91 Å². The van der Waals surface area contributed by atoms with Crippen LogP contribution in [-0.2, 0) is 4.79 Å². The smallest absolute Gasteiger partial charge is 0.254 e. The Hall–Kier alpha value is -3.61. The lowest BCUT2D eigenvalue weighted by Crippen LogP contribution is -2.34. The van der Waals surface area contributed by atoms with Crippen molar-refractivity contribution in [3.05, 3.63) is 71.8 Å². The molecule has 0 aliphatic carbocycles. The topological polar surface area (TPSA) is 98.7 Å². The number of anilines is 1. The van der Waals surface area contributed by atoms with Crippen LogP contribution in [0.25, 0.3) is 0 Å². The first kappa shape index (κ1) is 18.2. The normalized spacial score (nSPS) is 15.2. The molecular weight excluding hydrogens is 346 g/mol. The van der Waals surface area contributed by atoms with E-state index in [-0.39, 0.29) is 41.4 Å². The van der Waals surface area contributed by atoms with Gasteiger partial charge < -0.3 is 20.6 Å². The third kappa shape index (κ3) is 3.52. The van der Waals surface area contributed by atoms with Crippen LogP contribution in [-0.4, -0.2) is 41.3 Å². The van der Waals surface area contributed by atoms with Crippen LogP contribution >= 0.6 is 0 Å². The molecule has 1 heterocycles. The van der Waals surface area contributed by atoms with Crippen LogP contribution < -0.4 is 10.6 Å². The van der Waals surface area contributed by atoms with Crippen molar-refractivity contribution in [1.82, 2.24) is 10.2 Å². The van der Waals surface area contributed by atoms with Gasteiger partial charge in [-0.2, -0.15) is 0 Å². The number of nitrogens with zero attached hydrogens (tertiary/aromatic N) is 1. The highest BCUT2D eigenvalue weighted by Crippen LogP contribution is 2.31. The third-order valence-electron chi connectivity index (χ3n) is 4.50. The van der Waals surface area contributed by atoms with Crippen molar-refractivity contribution in [3.63, 3.8) is 0 Å². The standard InChI is InChI=1S/C20H19N3O4/c1-3-18(25)22-15-10-12(8-9-17(15)24)19(26)21-11-16-13-6-4-5-7-14(13)20(27)23(16)2/h3-10,16,24H,1,11H2,2H3,(H,21,26)(H,22,25). The van der Waals surface area contributed by atoms with Gasteiger partial charge in [0.05, 0.1) is 11.7 Å². The van der Waals surface area contributed by atoms with Gasteiger partial charge in [-0.3, -0.25) is 14.4 Å². The lowest BCUT2D eigenvalue weighted by Gasteiger charge is -2.21. The number of hydrogen-bond donors (Lipinski definition) is 3. The van der Waals surface area contributed by atoms with E-state index in [1.165, 1.54) is 18.2 Å². The van der Waals surface area contributed by atoms with Crippen LogP contribution in [0.2, 0.25) is 0 Å². The maximum Gasteiger partial charge on any atom is 0.254 e. The van der Waals surface area contributed by atoms with E-state index in [1.54, 1.807) is 24.1 Å². The second kappa shape index (κ2) is 7.33. The maximum absolute atomic E-state index is 12.5. The predicted molar refractivity (Wildman–Crippen MR) is 101 cm³/mol. The van der Waals surface area contributed by atoms with E-state index in [9.17, 15) is 19.5 Å². The maximum atomic E-state index is 12.5. The Morgan fingerprint density at radius 1 is 1.26 bits per heavy atom. The highest BCUT2D eigenvalue weighted by molar-refractivity contribution is 6.02. The van der Waals surface area contributed by atoms with Crippen molar-refractivity contribution >= 4 is 23.4 Å². The van der Waals surface area contributed by atoms with E-state index in [1.807, 2.05) is 12.1 Å². The summed E-state index contributed by atoms with van der Waals surface area (Å²) in [5, 5.41) is 15.0. The van der Waals surface area contributed by atoms with Crippen molar-refractivity contribution in [1.29, 1.82) is 0 Å². The third-order valence-corrected chi connectivity index (χ3v) is 4.50. The number of hydrogen-bond acceptors (Lipinski definition) is 4. The zero-order valence-corrected chi connectivity index (χ0v) is 14.7. The summed E-state index contributed by atoms with van der Waals surface area (Å²) in [6, 6.07) is 11.2. The van der Waals surface area contributed by atoms with Gasteiger partial charge in [-0.15, -0.1) is 0 Å². The fourth-order valence-corrected chi connectivity index (χ4v) is 3.02. The van der Waals surface area contributed by atoms with Crippen molar-refractivity contribution in [2.45, 2.75) is 6.04 Å². The molecule has 27 heavy (non-hydrogen) atoms. The van der Waals surface area contributed by atoms with Crippen LogP contribution in [0.4, 0.5) is 5.69 Å². The molecule has 0 bridgehead atoms. The van der Waals surface area contributed by atoms with Crippen molar-refractivity contribution in [2.24, 2.45) is 0 Å². The molecule has 0 aromatic heterocycles. The summed E-state index contributed by atoms with van der Waals surface area (Å²) in [6.45, 7) is 3.59. The Balaban J connectivity index is 1.73. The van der Waals surface area contributed by atoms with E-state index in [0.29, 0.717) is 5.56 Å². The Kier molecular flexibility index (Phi) is 4.94. The first-order chi connectivity index (χ1) is 12.9. The number of benzene rings is 2. The molecule has 3 N–H and O–H groups in total. The molecule has 0 fully saturated rings. The predicted octanol–water partition coefficient (Wildman–Crippen LogP) is 2.07. The molecule has 0 radical (unpaired) electrons. The van der Waals surface area contributed by atoms with Crippen LogP contribution in [0.1, 0.15) is 32.3 Å². The summed E-state index contributed by atoms with van der Waals surface area (Å²) in [4.78, 5) is 37.8. The number of nitrogens with one attached hydrogen (secondary N) is 2. The van der Waals surface area contributed by atoms with Crippen molar-refractivity contribution < 1.29 is 19.5 Å². The van der Waals surface area contributed by atoms with E-state index < -0.39 is 5.91 Å². The summed E-state index contributed by atoms with van der Waals surface area (Å²) < 4.78 is 0. The SMILES string of the molecule is C=CC(=O)Nc1cc(C(=O)NCC2c3ccccc3C(=O)N2C)ccc1O. The highest BCUT2D eigenvalue weighted by Gasteiger charge is 2.33. The van der Waals surface area contributed by atoms with E-state index >= 15 is 0 Å². The lowest BCUT2D eigenvalue weighted by atomic mass is 10.0. The number of carbonyl (C=O) groups excluding carboxylic acids is 3. The van der Waals surface area contributed by atoms with Gasteiger partial charge in [0.15, 0.2) is 0 Å². The molecule has 3 amide bonds. The van der Waals surface area contributed by atoms with Gasteiger partial charge in [-0.25, -0.2) is 0 Å². The zero-order chi connectivity index (χ0) is 19.6. The van der Waals surface area contributed by atoms with Gasteiger partial charge in [0.1, 0.15) is 5.75 Å². The molecule has 2 aromatic carbocycles. The molecule has 0 spiro atoms. The van der Waals surface area contributed by atoms with E-state index in [2.05, 4.69) is 17.2 Å². The van der Waals surface area contributed by atoms with Gasteiger partial charge in [0, 0.05) is 24.7 Å². The second-order valence-corrected chi connectivity index (χ2v) is 6.15. The number of phenols is 1. The zero-order valence-electron chi connectivity index (χ0n) is 14.7. The Morgan fingerprint density at radius 2 is 2.00 bits per heavy atom. The molecule has 1 atom stereocenters. The minimum atomic E-state index is -0.495. The highest BCUT2D eigenvalue weighted by atomic mass is 16.3. The number of rotatable bonds is 5. The number of carbonyl (C=O) groups is 3. The summed E-state index contributed by atoms with van der Waals surface area (Å²) in [6.07, 6.45) is 1.07. The number of aromatic hydroxyl groups is 1. The molecule has 0 saturated heterocycles. The van der Waals surface area contributed by atoms with Gasteiger partial charge in [0.25, 0.3) is 11.8 Å². The Morgan fingerprint density at radius 3 is 2.74 bits per heavy atom. The molecule has 7 nitrogen and oxygen atoms in total. The first-order valence-corrected chi connectivity index (χ1v) is 8.33. The van der Waals surface area contributed by atoms with Gasteiger partial charge in [-0.05, 0) is 35.9 Å². The van der Waals surface area contributed by atoms with Crippen LogP contribution in [0.15, 0.2) is 55.1 Å². The monoisotopic (exact) mass is 365 g/mol. The minimum Gasteiger partial charge on any atom is -0.506 e.